The van der Waals surface area contributed by atoms with Gasteiger partial charge in [-0.15, -0.1) is 0 Å². The summed E-state index contributed by atoms with van der Waals surface area (Å²) in [6.07, 6.45) is 2.15. The zero-order chi connectivity index (χ0) is 20.6. The van der Waals surface area contributed by atoms with Crippen molar-refractivity contribution in [3.8, 4) is 11.5 Å². The van der Waals surface area contributed by atoms with Crippen LogP contribution in [0.15, 0.2) is 12.1 Å². The fraction of sp³-hybridized carbons (Fsp3) is 0.750. The van der Waals surface area contributed by atoms with Gasteiger partial charge in [0.2, 0.25) is 0 Å². The maximum Gasteiger partial charge on any atom is 0.123 e. The highest BCUT2D eigenvalue weighted by atomic mass is 16.5. The Balaban J connectivity index is 3.53. The second-order valence-corrected chi connectivity index (χ2v) is 11.5. The lowest BCUT2D eigenvalue weighted by Gasteiger charge is -2.37. The second kappa shape index (κ2) is 7.44. The fourth-order valence-electron chi connectivity index (χ4n) is 4.80. The first-order valence-corrected chi connectivity index (χ1v) is 9.79. The lowest BCUT2D eigenvalue weighted by Crippen LogP contribution is -2.28. The summed E-state index contributed by atoms with van der Waals surface area (Å²) in [6.45, 7) is 23.0. The average Bonchev–Trinajstić information content (AvgIpc) is 2.40. The van der Waals surface area contributed by atoms with Crippen LogP contribution in [0.3, 0.4) is 0 Å². The van der Waals surface area contributed by atoms with Gasteiger partial charge in [-0.05, 0) is 46.6 Å². The maximum absolute atomic E-state index is 5.86. The van der Waals surface area contributed by atoms with E-state index in [1.165, 1.54) is 11.1 Å². The zero-order valence-corrected chi connectivity index (χ0v) is 19.4. The van der Waals surface area contributed by atoms with Crippen molar-refractivity contribution in [3.05, 3.63) is 23.3 Å². The summed E-state index contributed by atoms with van der Waals surface area (Å²) in [5.41, 5.74) is 2.94. The molecule has 0 bridgehead atoms. The van der Waals surface area contributed by atoms with Crippen LogP contribution in [0, 0.1) is 10.8 Å². The number of hydrogen-bond acceptors (Lipinski definition) is 2. The van der Waals surface area contributed by atoms with E-state index < -0.39 is 0 Å². The van der Waals surface area contributed by atoms with Gasteiger partial charge in [0.1, 0.15) is 11.5 Å². The van der Waals surface area contributed by atoms with E-state index in [1.807, 2.05) is 0 Å². The molecular weight excluding hydrogens is 320 g/mol. The molecule has 150 valence electrons. The minimum absolute atomic E-state index is 0.00354. The Hall–Kier alpha value is -1.18. The van der Waals surface area contributed by atoms with Gasteiger partial charge >= 0.3 is 0 Å². The molecule has 1 aromatic rings. The van der Waals surface area contributed by atoms with Gasteiger partial charge in [-0.2, -0.15) is 0 Å². The highest BCUT2D eigenvalue weighted by molar-refractivity contribution is 5.52. The van der Waals surface area contributed by atoms with Crippen molar-refractivity contribution in [1.29, 1.82) is 0 Å². The predicted molar refractivity (Wildman–Crippen MR) is 114 cm³/mol. The third-order valence-corrected chi connectivity index (χ3v) is 4.92. The molecule has 0 N–H and O–H groups in total. The average molecular weight is 363 g/mol. The van der Waals surface area contributed by atoms with E-state index in [4.69, 9.17) is 9.47 Å². The number of methoxy groups -OCH3 is 2. The Labute approximate surface area is 162 Å². The van der Waals surface area contributed by atoms with E-state index in [-0.39, 0.29) is 21.7 Å². The lowest BCUT2D eigenvalue weighted by molar-refractivity contribution is 0.268. The quantitative estimate of drug-likeness (QED) is 0.536. The zero-order valence-electron chi connectivity index (χ0n) is 19.4. The Kier molecular flexibility index (Phi) is 6.55. The lowest BCUT2D eigenvalue weighted by atomic mass is 9.69. The van der Waals surface area contributed by atoms with Gasteiger partial charge < -0.3 is 9.47 Å². The van der Waals surface area contributed by atoms with Gasteiger partial charge in [0.25, 0.3) is 0 Å². The van der Waals surface area contributed by atoms with Crippen LogP contribution in [0.4, 0.5) is 0 Å². The first kappa shape index (κ1) is 22.9. The Bertz CT molecular complexity index is 555. The number of hydrogen-bond donors (Lipinski definition) is 0. The maximum atomic E-state index is 5.86. The molecular formula is C24H42O2. The minimum atomic E-state index is 0.00354. The molecule has 2 heteroatoms. The summed E-state index contributed by atoms with van der Waals surface area (Å²) in [5.74, 6) is 1.94. The SMILES string of the molecule is COc1cc(C(C)(C)CC(C)(C)C)c(OC)cc1C(C)(C)CC(C)(C)C. The molecule has 0 saturated heterocycles. The van der Waals surface area contributed by atoms with Crippen molar-refractivity contribution >= 4 is 0 Å². The van der Waals surface area contributed by atoms with E-state index in [0.29, 0.717) is 0 Å². The predicted octanol–water partition coefficient (Wildman–Crippen LogP) is 7.13. The van der Waals surface area contributed by atoms with E-state index in [0.717, 1.165) is 24.3 Å². The molecule has 0 unspecified atom stereocenters. The molecule has 0 heterocycles. The monoisotopic (exact) mass is 362 g/mol. The van der Waals surface area contributed by atoms with Crippen molar-refractivity contribution in [1.82, 2.24) is 0 Å². The fourth-order valence-corrected chi connectivity index (χ4v) is 4.80. The van der Waals surface area contributed by atoms with Crippen LogP contribution in [-0.2, 0) is 10.8 Å². The summed E-state index contributed by atoms with van der Waals surface area (Å²) >= 11 is 0. The second-order valence-electron chi connectivity index (χ2n) is 11.5. The first-order valence-electron chi connectivity index (χ1n) is 9.79. The number of rotatable bonds is 6. The Morgan fingerprint density at radius 1 is 0.577 bits per heavy atom. The van der Waals surface area contributed by atoms with Gasteiger partial charge in [0.05, 0.1) is 14.2 Å². The molecule has 0 saturated carbocycles. The van der Waals surface area contributed by atoms with E-state index in [9.17, 15) is 0 Å². The standard InChI is InChI=1S/C24H42O2/c1-21(2,3)15-23(7,8)17-13-20(26-12)18(14-19(17)25-11)24(9,10)16-22(4,5)6/h13-14H,15-16H2,1-12H3. The summed E-state index contributed by atoms with van der Waals surface area (Å²) in [5, 5.41) is 0. The molecule has 2 nitrogen and oxygen atoms in total. The Morgan fingerprint density at radius 3 is 1.04 bits per heavy atom. The summed E-state index contributed by atoms with van der Waals surface area (Å²) in [7, 11) is 3.55. The van der Waals surface area contributed by atoms with E-state index in [1.54, 1.807) is 14.2 Å². The van der Waals surface area contributed by atoms with Gasteiger partial charge in [0, 0.05) is 11.1 Å². The van der Waals surface area contributed by atoms with Gasteiger partial charge in [-0.25, -0.2) is 0 Å². The molecule has 0 aliphatic heterocycles. The molecule has 26 heavy (non-hydrogen) atoms. The van der Waals surface area contributed by atoms with Crippen molar-refractivity contribution < 1.29 is 9.47 Å². The molecule has 0 aliphatic rings. The van der Waals surface area contributed by atoms with Crippen molar-refractivity contribution in [2.24, 2.45) is 10.8 Å². The third-order valence-electron chi connectivity index (χ3n) is 4.92. The van der Waals surface area contributed by atoms with Crippen LogP contribution in [0.2, 0.25) is 0 Å². The molecule has 1 aromatic carbocycles. The van der Waals surface area contributed by atoms with Crippen LogP contribution >= 0.6 is 0 Å². The molecule has 1 rings (SSSR count). The molecule has 0 atom stereocenters. The first-order chi connectivity index (χ1) is 11.5. The largest absolute Gasteiger partial charge is 0.496 e. The van der Waals surface area contributed by atoms with Crippen LogP contribution in [-0.4, -0.2) is 14.2 Å². The molecule has 0 radical (unpaired) electrons. The van der Waals surface area contributed by atoms with Crippen molar-refractivity contribution in [3.63, 3.8) is 0 Å². The number of ether oxygens (including phenoxy) is 2. The summed E-state index contributed by atoms with van der Waals surface area (Å²) in [4.78, 5) is 0. The van der Waals surface area contributed by atoms with Crippen LogP contribution in [0.5, 0.6) is 11.5 Å². The van der Waals surface area contributed by atoms with Crippen LogP contribution in [0.1, 0.15) is 93.2 Å². The molecule has 0 amide bonds. The topological polar surface area (TPSA) is 18.5 Å². The molecule has 0 fully saturated rings. The highest BCUT2D eigenvalue weighted by Gasteiger charge is 2.34. The summed E-state index contributed by atoms with van der Waals surface area (Å²) in [6, 6.07) is 4.43. The van der Waals surface area contributed by atoms with Crippen molar-refractivity contribution in [2.75, 3.05) is 14.2 Å². The minimum Gasteiger partial charge on any atom is -0.496 e. The molecule has 0 spiro atoms. The summed E-state index contributed by atoms with van der Waals surface area (Å²) < 4.78 is 11.7. The van der Waals surface area contributed by atoms with Gasteiger partial charge in [-0.3, -0.25) is 0 Å². The normalized spacial score (nSPS) is 13.7. The van der Waals surface area contributed by atoms with E-state index >= 15 is 0 Å². The van der Waals surface area contributed by atoms with Gasteiger partial charge in [-0.1, -0.05) is 69.2 Å². The van der Waals surface area contributed by atoms with Crippen molar-refractivity contribution in [2.45, 2.75) is 92.9 Å². The molecule has 0 aliphatic carbocycles. The number of benzene rings is 1. The molecule has 0 aromatic heterocycles. The third kappa shape index (κ3) is 5.93. The Morgan fingerprint density at radius 2 is 0.846 bits per heavy atom. The highest BCUT2D eigenvalue weighted by Crippen LogP contribution is 2.47. The van der Waals surface area contributed by atoms with Gasteiger partial charge in [0.15, 0.2) is 0 Å². The van der Waals surface area contributed by atoms with E-state index in [2.05, 4.69) is 81.4 Å². The smallest absolute Gasteiger partial charge is 0.123 e. The van der Waals surface area contributed by atoms with Crippen LogP contribution < -0.4 is 9.47 Å². The van der Waals surface area contributed by atoms with Crippen LogP contribution in [0.25, 0.3) is 0 Å².